The van der Waals surface area contributed by atoms with Gasteiger partial charge in [-0.2, -0.15) is 9.40 Å². The third kappa shape index (κ3) is 4.76. The van der Waals surface area contributed by atoms with Crippen molar-refractivity contribution in [1.29, 1.82) is 0 Å². The van der Waals surface area contributed by atoms with Crippen molar-refractivity contribution < 1.29 is 22.9 Å². The van der Waals surface area contributed by atoms with Gasteiger partial charge in [0.1, 0.15) is 4.90 Å². The molecule has 1 aromatic carbocycles. The summed E-state index contributed by atoms with van der Waals surface area (Å²) in [5, 5.41) is 15.8. The largest absolute Gasteiger partial charge is 0.461 e. The standard InChI is InChI=1S/C21H23N5O6S/c1-4-24(5-2)33(30,31)20-13-16(26(28)29)7-8-18(20)25-19(21(27)32-6-3)14-17(23-25)15-9-11-22-12-10-15/h7-14H,4-6H2,1-3H3. The van der Waals surface area contributed by atoms with Crippen molar-refractivity contribution in [2.45, 2.75) is 25.7 Å². The summed E-state index contributed by atoms with van der Waals surface area (Å²) in [6.07, 6.45) is 3.11. The molecule has 2 aromatic heterocycles. The van der Waals surface area contributed by atoms with Crippen LogP contribution < -0.4 is 0 Å². The number of aromatic nitrogens is 3. The summed E-state index contributed by atoms with van der Waals surface area (Å²) in [4.78, 5) is 27.0. The van der Waals surface area contributed by atoms with E-state index >= 15 is 0 Å². The number of non-ortho nitro benzene ring substituents is 1. The molecule has 0 atom stereocenters. The number of benzene rings is 1. The Kier molecular flexibility index (Phi) is 7.19. The second kappa shape index (κ2) is 9.88. The van der Waals surface area contributed by atoms with Crippen LogP contribution in [0.15, 0.2) is 53.7 Å². The van der Waals surface area contributed by atoms with Crippen LogP contribution in [0.1, 0.15) is 31.3 Å². The zero-order valence-electron chi connectivity index (χ0n) is 18.3. The molecule has 0 aliphatic carbocycles. The van der Waals surface area contributed by atoms with Gasteiger partial charge in [0.2, 0.25) is 10.0 Å². The molecule has 11 nitrogen and oxygen atoms in total. The number of esters is 1. The van der Waals surface area contributed by atoms with E-state index in [-0.39, 0.29) is 36.0 Å². The molecule has 0 radical (unpaired) electrons. The third-order valence-electron chi connectivity index (χ3n) is 4.88. The van der Waals surface area contributed by atoms with E-state index < -0.39 is 26.6 Å². The maximum absolute atomic E-state index is 13.4. The molecule has 0 amide bonds. The normalized spacial score (nSPS) is 11.5. The molecule has 0 saturated heterocycles. The summed E-state index contributed by atoms with van der Waals surface area (Å²) in [6, 6.07) is 8.25. The Morgan fingerprint density at radius 1 is 1.12 bits per heavy atom. The van der Waals surface area contributed by atoms with Gasteiger partial charge < -0.3 is 4.74 Å². The van der Waals surface area contributed by atoms with E-state index in [1.54, 1.807) is 45.3 Å². The van der Waals surface area contributed by atoms with Crippen LogP contribution in [0.5, 0.6) is 0 Å². The Morgan fingerprint density at radius 3 is 2.36 bits per heavy atom. The van der Waals surface area contributed by atoms with E-state index in [0.29, 0.717) is 11.3 Å². The minimum absolute atomic E-state index is 0.00383. The van der Waals surface area contributed by atoms with Gasteiger partial charge in [-0.25, -0.2) is 17.9 Å². The zero-order valence-corrected chi connectivity index (χ0v) is 19.2. The summed E-state index contributed by atoms with van der Waals surface area (Å²) >= 11 is 0. The summed E-state index contributed by atoms with van der Waals surface area (Å²) in [7, 11) is -4.14. The van der Waals surface area contributed by atoms with Gasteiger partial charge in [0, 0.05) is 43.2 Å². The van der Waals surface area contributed by atoms with E-state index in [0.717, 1.165) is 10.7 Å². The van der Waals surface area contributed by atoms with Gasteiger partial charge >= 0.3 is 5.97 Å². The van der Waals surface area contributed by atoms with Crippen LogP contribution >= 0.6 is 0 Å². The van der Waals surface area contributed by atoms with E-state index in [4.69, 9.17) is 4.74 Å². The molecule has 0 aliphatic rings. The Balaban J connectivity index is 2.32. The van der Waals surface area contributed by atoms with Crippen LogP contribution in [-0.2, 0) is 14.8 Å². The number of hydrogen-bond donors (Lipinski definition) is 0. The van der Waals surface area contributed by atoms with Gasteiger partial charge in [-0.3, -0.25) is 15.1 Å². The number of sulfonamides is 1. The highest BCUT2D eigenvalue weighted by Crippen LogP contribution is 2.30. The molecule has 0 bridgehead atoms. The maximum atomic E-state index is 13.4. The monoisotopic (exact) mass is 473 g/mol. The van der Waals surface area contributed by atoms with Gasteiger partial charge in [-0.15, -0.1) is 0 Å². The fourth-order valence-corrected chi connectivity index (χ4v) is 4.93. The summed E-state index contributed by atoms with van der Waals surface area (Å²) in [6.45, 7) is 5.39. The lowest BCUT2D eigenvalue weighted by Gasteiger charge is -2.20. The molecule has 174 valence electrons. The topological polar surface area (TPSA) is 138 Å². The molecule has 33 heavy (non-hydrogen) atoms. The number of hydrogen-bond acceptors (Lipinski definition) is 8. The van der Waals surface area contributed by atoms with Crippen LogP contribution in [-0.4, -0.2) is 58.1 Å². The van der Waals surface area contributed by atoms with Gasteiger partial charge in [-0.1, -0.05) is 13.8 Å². The van der Waals surface area contributed by atoms with Crippen molar-refractivity contribution in [3.63, 3.8) is 0 Å². The van der Waals surface area contributed by atoms with Crippen LogP contribution in [0.25, 0.3) is 16.9 Å². The molecule has 0 aliphatic heterocycles. The Labute approximate surface area is 190 Å². The Morgan fingerprint density at radius 2 is 1.79 bits per heavy atom. The molecular formula is C21H23N5O6S. The van der Waals surface area contributed by atoms with E-state index in [9.17, 15) is 23.3 Å². The predicted molar refractivity (Wildman–Crippen MR) is 120 cm³/mol. The molecule has 0 spiro atoms. The van der Waals surface area contributed by atoms with Crippen molar-refractivity contribution in [3.8, 4) is 16.9 Å². The molecule has 0 saturated carbocycles. The first kappa shape index (κ1) is 24.0. The Bertz CT molecular complexity index is 1270. The van der Waals surface area contributed by atoms with Gasteiger partial charge in [0.05, 0.1) is 22.9 Å². The van der Waals surface area contributed by atoms with Gasteiger partial charge in [0.15, 0.2) is 5.69 Å². The first-order valence-electron chi connectivity index (χ1n) is 10.2. The lowest BCUT2D eigenvalue weighted by atomic mass is 10.2. The number of nitro groups is 1. The van der Waals surface area contributed by atoms with Crippen molar-refractivity contribution in [3.05, 3.63) is 64.6 Å². The van der Waals surface area contributed by atoms with Crippen molar-refractivity contribution in [2.24, 2.45) is 0 Å². The highest BCUT2D eigenvalue weighted by Gasteiger charge is 2.30. The predicted octanol–water partition coefficient (Wildman–Crippen LogP) is 3.05. The molecule has 2 heterocycles. The van der Waals surface area contributed by atoms with E-state index in [1.165, 1.54) is 22.5 Å². The van der Waals surface area contributed by atoms with Crippen LogP contribution in [0.3, 0.4) is 0 Å². The van der Waals surface area contributed by atoms with Crippen molar-refractivity contribution in [1.82, 2.24) is 19.1 Å². The number of carbonyl (C=O) groups is 1. The molecule has 0 N–H and O–H groups in total. The molecule has 3 rings (SSSR count). The van der Waals surface area contributed by atoms with E-state index in [2.05, 4.69) is 10.1 Å². The summed E-state index contributed by atoms with van der Waals surface area (Å²) in [5.74, 6) is -0.713. The van der Waals surface area contributed by atoms with Crippen LogP contribution in [0.2, 0.25) is 0 Å². The zero-order chi connectivity index (χ0) is 24.2. The second-order valence-electron chi connectivity index (χ2n) is 6.78. The molecule has 3 aromatic rings. The SMILES string of the molecule is CCOC(=O)c1cc(-c2ccncc2)nn1-c1ccc([N+](=O)[O-])cc1S(=O)(=O)N(CC)CC. The molecule has 0 fully saturated rings. The first-order valence-corrected chi connectivity index (χ1v) is 11.6. The number of carbonyl (C=O) groups excluding carboxylic acids is 1. The number of nitrogens with zero attached hydrogens (tertiary/aromatic N) is 5. The summed E-state index contributed by atoms with van der Waals surface area (Å²) in [5.41, 5.74) is 0.599. The highest BCUT2D eigenvalue weighted by atomic mass is 32.2. The lowest BCUT2D eigenvalue weighted by Crippen LogP contribution is -2.31. The first-order chi connectivity index (χ1) is 15.7. The fraction of sp³-hybridized carbons (Fsp3) is 0.286. The number of pyridine rings is 1. The number of nitro benzene ring substituents is 1. The van der Waals surface area contributed by atoms with Gasteiger partial charge in [-0.05, 0) is 31.2 Å². The highest BCUT2D eigenvalue weighted by molar-refractivity contribution is 7.89. The quantitative estimate of drug-likeness (QED) is 0.263. The average Bonchev–Trinajstić information content (AvgIpc) is 3.25. The minimum atomic E-state index is -4.14. The lowest BCUT2D eigenvalue weighted by molar-refractivity contribution is -0.385. The van der Waals surface area contributed by atoms with E-state index in [1.807, 2.05) is 0 Å². The molecular weight excluding hydrogens is 450 g/mol. The maximum Gasteiger partial charge on any atom is 0.357 e. The number of ether oxygens (including phenoxy) is 1. The van der Waals surface area contributed by atoms with Gasteiger partial charge in [0.25, 0.3) is 5.69 Å². The Hall–Kier alpha value is -3.64. The molecule has 0 unspecified atom stereocenters. The third-order valence-corrected chi connectivity index (χ3v) is 6.95. The van der Waals surface area contributed by atoms with Crippen molar-refractivity contribution >= 4 is 21.7 Å². The second-order valence-corrected chi connectivity index (χ2v) is 8.69. The minimum Gasteiger partial charge on any atom is -0.461 e. The average molecular weight is 474 g/mol. The fourth-order valence-electron chi connectivity index (χ4n) is 3.28. The number of rotatable bonds is 9. The smallest absolute Gasteiger partial charge is 0.357 e. The summed E-state index contributed by atoms with van der Waals surface area (Å²) < 4.78 is 34.2. The van der Waals surface area contributed by atoms with Crippen molar-refractivity contribution in [2.75, 3.05) is 19.7 Å². The molecule has 12 heteroatoms. The van der Waals surface area contributed by atoms with Crippen LogP contribution in [0.4, 0.5) is 5.69 Å². The van der Waals surface area contributed by atoms with Crippen LogP contribution in [0, 0.1) is 10.1 Å².